The van der Waals surface area contributed by atoms with Crippen LogP contribution in [0.25, 0.3) is 0 Å². The van der Waals surface area contributed by atoms with Crippen molar-refractivity contribution in [3.8, 4) is 0 Å². The highest BCUT2D eigenvalue weighted by atomic mass is 19.1. The molecule has 2 heterocycles. The average Bonchev–Trinajstić information content (AvgIpc) is 2.87. The normalized spacial score (nSPS) is 23.6. The highest BCUT2D eigenvalue weighted by Crippen LogP contribution is 2.39. The number of fused-ring (bicyclic) bond motifs is 1. The van der Waals surface area contributed by atoms with Crippen LogP contribution in [0.3, 0.4) is 0 Å². The third-order valence-corrected chi connectivity index (χ3v) is 4.57. The van der Waals surface area contributed by atoms with E-state index in [1.54, 1.807) is 12.0 Å². The Hall–Kier alpha value is -1.43. The molecule has 1 aliphatic heterocycles. The van der Waals surface area contributed by atoms with E-state index in [1.807, 2.05) is 17.8 Å². The molecule has 2 aliphatic rings. The Labute approximate surface area is 124 Å². The highest BCUT2D eigenvalue weighted by Gasteiger charge is 2.48. The molecule has 0 radical (unpaired) electrons. The van der Waals surface area contributed by atoms with Gasteiger partial charge in [-0.3, -0.25) is 9.48 Å². The van der Waals surface area contributed by atoms with Gasteiger partial charge in [0.2, 0.25) is 0 Å². The Morgan fingerprint density at radius 1 is 1.57 bits per heavy atom. The van der Waals surface area contributed by atoms with Crippen molar-refractivity contribution in [2.45, 2.75) is 50.9 Å². The zero-order chi connectivity index (χ0) is 15.0. The Morgan fingerprint density at radius 3 is 2.90 bits per heavy atom. The first kappa shape index (κ1) is 14.5. The van der Waals surface area contributed by atoms with Crippen LogP contribution in [0.15, 0.2) is 6.20 Å². The Balaban J connectivity index is 1.84. The number of hydrogen-bond acceptors (Lipinski definition) is 3. The largest absolute Gasteiger partial charge is 0.384 e. The maximum atomic E-state index is 14.4. The van der Waals surface area contributed by atoms with E-state index in [1.165, 1.54) is 0 Å². The van der Waals surface area contributed by atoms with Crippen molar-refractivity contribution in [3.05, 3.63) is 17.5 Å². The second-order valence-electron chi connectivity index (χ2n) is 6.05. The number of aromatic nitrogens is 2. The fourth-order valence-electron chi connectivity index (χ4n) is 3.20. The van der Waals surface area contributed by atoms with Crippen LogP contribution in [0.5, 0.6) is 0 Å². The molecule has 6 heteroatoms. The first-order valence-electron chi connectivity index (χ1n) is 7.61. The van der Waals surface area contributed by atoms with E-state index in [2.05, 4.69) is 5.10 Å². The van der Waals surface area contributed by atoms with E-state index in [9.17, 15) is 9.18 Å². The molecule has 1 aromatic heterocycles. The SMILES string of the molecule is CCn1cc2c(n1)[C@H](COC)CN(C(=O)C1(F)CCC1)C2. The minimum absolute atomic E-state index is 0.0270. The molecule has 1 atom stereocenters. The molecule has 0 saturated heterocycles. The summed E-state index contributed by atoms with van der Waals surface area (Å²) in [6.07, 6.45) is 3.48. The standard InChI is InChI=1S/C15H22FN3O2/c1-3-19-9-11-7-18(14(20)15(16)5-4-6-15)8-12(10-21-2)13(11)17-19/h9,12H,3-8,10H2,1-2H3/t12-/m0/s1. The van der Waals surface area contributed by atoms with E-state index in [0.717, 1.165) is 24.2 Å². The van der Waals surface area contributed by atoms with Crippen molar-refractivity contribution in [1.29, 1.82) is 0 Å². The molecule has 21 heavy (non-hydrogen) atoms. The summed E-state index contributed by atoms with van der Waals surface area (Å²) >= 11 is 0. The molecule has 1 aromatic rings. The zero-order valence-corrected chi connectivity index (χ0v) is 12.6. The third-order valence-electron chi connectivity index (χ3n) is 4.57. The van der Waals surface area contributed by atoms with Crippen molar-refractivity contribution >= 4 is 5.91 Å². The molecule has 5 nitrogen and oxygen atoms in total. The van der Waals surface area contributed by atoms with Crippen molar-refractivity contribution in [3.63, 3.8) is 0 Å². The molecule has 0 aromatic carbocycles. The second-order valence-corrected chi connectivity index (χ2v) is 6.05. The number of methoxy groups -OCH3 is 1. The monoisotopic (exact) mass is 295 g/mol. The maximum Gasteiger partial charge on any atom is 0.260 e. The minimum atomic E-state index is -1.63. The number of amides is 1. The fourth-order valence-corrected chi connectivity index (χ4v) is 3.20. The van der Waals surface area contributed by atoms with Gasteiger partial charge in [-0.25, -0.2) is 4.39 Å². The Kier molecular flexibility index (Phi) is 3.73. The van der Waals surface area contributed by atoms with Gasteiger partial charge in [-0.05, 0) is 26.2 Å². The van der Waals surface area contributed by atoms with Gasteiger partial charge in [0.15, 0.2) is 5.67 Å². The van der Waals surface area contributed by atoms with Crippen LogP contribution in [0.2, 0.25) is 0 Å². The minimum Gasteiger partial charge on any atom is -0.384 e. The van der Waals surface area contributed by atoms with Gasteiger partial charge in [0, 0.05) is 44.4 Å². The Morgan fingerprint density at radius 2 is 2.33 bits per heavy atom. The van der Waals surface area contributed by atoms with E-state index >= 15 is 0 Å². The second kappa shape index (κ2) is 5.40. The number of carbonyl (C=O) groups excluding carboxylic acids is 1. The van der Waals surface area contributed by atoms with E-state index in [0.29, 0.717) is 32.5 Å². The van der Waals surface area contributed by atoms with Crippen LogP contribution >= 0.6 is 0 Å². The number of ether oxygens (including phenoxy) is 1. The lowest BCUT2D eigenvalue weighted by Gasteiger charge is -2.40. The molecule has 1 amide bonds. The lowest BCUT2D eigenvalue weighted by atomic mass is 9.80. The molecular weight excluding hydrogens is 273 g/mol. The number of nitrogens with zero attached hydrogens (tertiary/aromatic N) is 3. The lowest BCUT2D eigenvalue weighted by molar-refractivity contribution is -0.151. The zero-order valence-electron chi connectivity index (χ0n) is 12.6. The molecule has 1 fully saturated rings. The third kappa shape index (κ3) is 2.46. The van der Waals surface area contributed by atoms with Crippen LogP contribution in [0.4, 0.5) is 4.39 Å². The van der Waals surface area contributed by atoms with Gasteiger partial charge >= 0.3 is 0 Å². The first-order chi connectivity index (χ1) is 10.1. The van der Waals surface area contributed by atoms with Crippen LogP contribution in [0.1, 0.15) is 43.4 Å². The van der Waals surface area contributed by atoms with E-state index in [4.69, 9.17) is 4.74 Å². The number of aryl methyl sites for hydroxylation is 1. The van der Waals surface area contributed by atoms with Gasteiger partial charge < -0.3 is 9.64 Å². The van der Waals surface area contributed by atoms with Crippen molar-refractivity contribution in [2.75, 3.05) is 20.3 Å². The quantitative estimate of drug-likeness (QED) is 0.852. The van der Waals surface area contributed by atoms with Crippen LogP contribution in [-0.4, -0.2) is 46.5 Å². The predicted octanol–water partition coefficient (Wildman–Crippen LogP) is 1.87. The molecule has 1 aliphatic carbocycles. The summed E-state index contributed by atoms with van der Waals surface area (Å²) in [6.45, 7) is 4.26. The average molecular weight is 295 g/mol. The van der Waals surface area contributed by atoms with E-state index in [-0.39, 0.29) is 11.8 Å². The van der Waals surface area contributed by atoms with Gasteiger partial charge in [0.1, 0.15) is 0 Å². The van der Waals surface area contributed by atoms with Gasteiger partial charge in [0.25, 0.3) is 5.91 Å². The summed E-state index contributed by atoms with van der Waals surface area (Å²) in [7, 11) is 1.64. The van der Waals surface area contributed by atoms with Crippen molar-refractivity contribution in [1.82, 2.24) is 14.7 Å². The molecule has 0 spiro atoms. The molecule has 0 N–H and O–H groups in total. The summed E-state index contributed by atoms with van der Waals surface area (Å²) in [5, 5.41) is 4.56. The Bertz CT molecular complexity index is 539. The van der Waals surface area contributed by atoms with Gasteiger partial charge in [-0.15, -0.1) is 0 Å². The molecule has 0 bridgehead atoms. The molecular formula is C15H22FN3O2. The summed E-state index contributed by atoms with van der Waals surface area (Å²) in [5.74, 6) is -0.330. The number of alkyl halides is 1. The summed E-state index contributed by atoms with van der Waals surface area (Å²) in [6, 6.07) is 0. The number of halogens is 1. The lowest BCUT2D eigenvalue weighted by Crippen LogP contribution is -2.52. The highest BCUT2D eigenvalue weighted by molar-refractivity contribution is 5.86. The molecule has 3 rings (SSSR count). The van der Waals surface area contributed by atoms with Crippen LogP contribution < -0.4 is 0 Å². The topological polar surface area (TPSA) is 47.4 Å². The maximum absolute atomic E-state index is 14.4. The number of hydrogen-bond donors (Lipinski definition) is 0. The van der Waals surface area contributed by atoms with Gasteiger partial charge in [-0.2, -0.15) is 5.10 Å². The fraction of sp³-hybridized carbons (Fsp3) is 0.733. The predicted molar refractivity (Wildman–Crippen MR) is 75.6 cm³/mol. The summed E-state index contributed by atoms with van der Waals surface area (Å²) in [5.41, 5.74) is 0.376. The van der Waals surface area contributed by atoms with Crippen LogP contribution in [0, 0.1) is 0 Å². The van der Waals surface area contributed by atoms with Crippen LogP contribution in [-0.2, 0) is 22.6 Å². The van der Waals surface area contributed by atoms with Gasteiger partial charge in [-0.1, -0.05) is 0 Å². The van der Waals surface area contributed by atoms with E-state index < -0.39 is 5.67 Å². The number of carbonyl (C=O) groups is 1. The molecule has 0 unspecified atom stereocenters. The smallest absolute Gasteiger partial charge is 0.260 e. The molecule has 1 saturated carbocycles. The first-order valence-corrected chi connectivity index (χ1v) is 7.61. The van der Waals surface area contributed by atoms with Gasteiger partial charge in [0.05, 0.1) is 12.3 Å². The molecule has 116 valence electrons. The summed E-state index contributed by atoms with van der Waals surface area (Å²) < 4.78 is 21.5. The van der Waals surface area contributed by atoms with Crippen molar-refractivity contribution < 1.29 is 13.9 Å². The number of rotatable bonds is 4. The van der Waals surface area contributed by atoms with Crippen molar-refractivity contribution in [2.24, 2.45) is 0 Å². The summed E-state index contributed by atoms with van der Waals surface area (Å²) in [4.78, 5) is 14.1.